The van der Waals surface area contributed by atoms with Gasteiger partial charge in [0.25, 0.3) is 0 Å². The minimum absolute atomic E-state index is 0.131. The van der Waals surface area contributed by atoms with Crippen molar-refractivity contribution in [1.82, 2.24) is 15.0 Å². The minimum Gasteiger partial charge on any atom is -0.495 e. The molecule has 0 aliphatic rings. The summed E-state index contributed by atoms with van der Waals surface area (Å²) in [4.78, 5) is 23.7. The van der Waals surface area contributed by atoms with E-state index in [4.69, 9.17) is 10.5 Å². The van der Waals surface area contributed by atoms with Crippen molar-refractivity contribution in [2.75, 3.05) is 18.6 Å². The van der Waals surface area contributed by atoms with Gasteiger partial charge in [-0.15, -0.1) is 0 Å². The molecule has 0 bridgehead atoms. The predicted molar refractivity (Wildman–Crippen MR) is 97.9 cm³/mol. The number of amides is 1. The number of aromatic amines is 1. The molecule has 0 aliphatic carbocycles. The van der Waals surface area contributed by atoms with E-state index in [2.05, 4.69) is 15.0 Å². The molecule has 1 amide bonds. The largest absolute Gasteiger partial charge is 0.495 e. The lowest BCUT2D eigenvalue weighted by Crippen LogP contribution is -2.47. The molecule has 0 fully saturated rings. The Labute approximate surface area is 158 Å². The number of methoxy groups -OCH3 is 1. The van der Waals surface area contributed by atoms with E-state index in [0.717, 1.165) is 10.3 Å². The lowest BCUT2D eigenvalue weighted by molar-refractivity contribution is -0.125. The van der Waals surface area contributed by atoms with Gasteiger partial charge in [0.05, 0.1) is 25.2 Å². The van der Waals surface area contributed by atoms with Crippen molar-refractivity contribution in [3.63, 3.8) is 0 Å². The number of ether oxygens (including phenoxy) is 1. The standard InChI is InChI=1S/C18H18F3N5O2/c1-10(16(22)27)26(9-18(19,20)21)12-3-11(5-23-6-12)15-8-25-17-14(15)4-13(28-2)7-24-17/h3-8,10H,9H2,1-2H3,(H2,22,27)(H,24,25)/t10-/m1/s1. The summed E-state index contributed by atoms with van der Waals surface area (Å²) in [6.07, 6.45) is 1.51. The third-order valence-corrected chi connectivity index (χ3v) is 4.34. The molecule has 0 saturated heterocycles. The molecular weight excluding hydrogens is 375 g/mol. The van der Waals surface area contributed by atoms with E-state index in [1.54, 1.807) is 18.5 Å². The number of H-pyrrole nitrogens is 1. The fraction of sp³-hybridized carbons (Fsp3) is 0.278. The van der Waals surface area contributed by atoms with Gasteiger partial charge in [-0.2, -0.15) is 13.2 Å². The van der Waals surface area contributed by atoms with E-state index in [-0.39, 0.29) is 5.69 Å². The highest BCUT2D eigenvalue weighted by atomic mass is 19.4. The summed E-state index contributed by atoms with van der Waals surface area (Å²) in [5.74, 6) is -0.325. The van der Waals surface area contributed by atoms with Crippen LogP contribution in [-0.2, 0) is 4.79 Å². The Bertz CT molecular complexity index is 1000. The molecule has 3 heterocycles. The number of hydrogen-bond acceptors (Lipinski definition) is 5. The normalized spacial score (nSPS) is 12.8. The minimum atomic E-state index is -4.52. The average Bonchev–Trinajstić information content (AvgIpc) is 3.08. The maximum atomic E-state index is 13.0. The first-order valence-electron chi connectivity index (χ1n) is 8.29. The molecular formula is C18H18F3N5O2. The van der Waals surface area contributed by atoms with Crippen LogP contribution in [-0.4, -0.2) is 46.7 Å². The molecule has 3 aromatic heterocycles. The zero-order valence-electron chi connectivity index (χ0n) is 15.1. The highest BCUT2D eigenvalue weighted by molar-refractivity contribution is 5.94. The van der Waals surface area contributed by atoms with Crippen LogP contribution >= 0.6 is 0 Å². The first kappa shape index (κ1) is 19.5. The van der Waals surface area contributed by atoms with Gasteiger partial charge < -0.3 is 20.4 Å². The van der Waals surface area contributed by atoms with Crippen LogP contribution in [0.25, 0.3) is 22.2 Å². The molecule has 0 radical (unpaired) electrons. The van der Waals surface area contributed by atoms with E-state index >= 15 is 0 Å². The molecule has 148 valence electrons. The summed E-state index contributed by atoms with van der Waals surface area (Å²) in [5.41, 5.74) is 7.21. The van der Waals surface area contributed by atoms with Crippen LogP contribution in [0.1, 0.15) is 6.92 Å². The van der Waals surface area contributed by atoms with Crippen LogP contribution in [0.2, 0.25) is 0 Å². The van der Waals surface area contributed by atoms with Gasteiger partial charge in [0.2, 0.25) is 5.91 Å². The molecule has 0 aromatic carbocycles. The molecule has 3 N–H and O–H groups in total. The summed E-state index contributed by atoms with van der Waals surface area (Å²) in [5, 5.41) is 0.726. The Morgan fingerprint density at radius 2 is 2.07 bits per heavy atom. The third-order valence-electron chi connectivity index (χ3n) is 4.34. The first-order valence-corrected chi connectivity index (χ1v) is 8.29. The second-order valence-corrected chi connectivity index (χ2v) is 6.23. The van der Waals surface area contributed by atoms with Crippen molar-refractivity contribution in [2.24, 2.45) is 5.73 Å². The number of pyridine rings is 2. The highest BCUT2D eigenvalue weighted by Crippen LogP contribution is 2.32. The van der Waals surface area contributed by atoms with Crippen LogP contribution in [0.3, 0.4) is 0 Å². The average molecular weight is 393 g/mol. The van der Waals surface area contributed by atoms with E-state index in [0.29, 0.717) is 22.5 Å². The van der Waals surface area contributed by atoms with Crippen molar-refractivity contribution in [2.45, 2.75) is 19.1 Å². The van der Waals surface area contributed by atoms with Crippen molar-refractivity contribution in [3.8, 4) is 16.9 Å². The van der Waals surface area contributed by atoms with E-state index < -0.39 is 24.7 Å². The van der Waals surface area contributed by atoms with Crippen molar-refractivity contribution in [1.29, 1.82) is 0 Å². The van der Waals surface area contributed by atoms with Crippen molar-refractivity contribution in [3.05, 3.63) is 36.9 Å². The molecule has 3 aromatic rings. The van der Waals surface area contributed by atoms with Gasteiger partial charge >= 0.3 is 6.18 Å². The fourth-order valence-electron chi connectivity index (χ4n) is 2.87. The summed E-state index contributed by atoms with van der Waals surface area (Å²) >= 11 is 0. The third kappa shape index (κ3) is 4.00. The number of carbonyl (C=O) groups excluding carboxylic acids is 1. The zero-order chi connectivity index (χ0) is 20.5. The topological polar surface area (TPSA) is 97.1 Å². The van der Waals surface area contributed by atoms with Crippen LogP contribution in [0.15, 0.2) is 36.9 Å². The van der Waals surface area contributed by atoms with E-state index in [1.165, 1.54) is 32.5 Å². The monoisotopic (exact) mass is 393 g/mol. The Hall–Kier alpha value is -3.30. The molecule has 3 rings (SSSR count). The maximum Gasteiger partial charge on any atom is 0.405 e. The Kier molecular flexibility index (Phi) is 5.12. The Balaban J connectivity index is 2.06. The molecule has 10 heteroatoms. The van der Waals surface area contributed by atoms with Crippen LogP contribution in [0, 0.1) is 0 Å². The van der Waals surface area contributed by atoms with Gasteiger partial charge in [-0.25, -0.2) is 4.98 Å². The van der Waals surface area contributed by atoms with Crippen LogP contribution in [0.4, 0.5) is 18.9 Å². The Morgan fingerprint density at radius 3 is 2.71 bits per heavy atom. The molecule has 7 nitrogen and oxygen atoms in total. The first-order chi connectivity index (χ1) is 13.2. The summed E-state index contributed by atoms with van der Waals surface area (Å²) in [6, 6.07) is 2.13. The highest BCUT2D eigenvalue weighted by Gasteiger charge is 2.34. The molecule has 0 saturated carbocycles. The summed E-state index contributed by atoms with van der Waals surface area (Å²) < 4.78 is 44.3. The van der Waals surface area contributed by atoms with Crippen molar-refractivity contribution >= 4 is 22.6 Å². The van der Waals surface area contributed by atoms with Gasteiger partial charge in [-0.3, -0.25) is 9.78 Å². The number of aromatic nitrogens is 3. The lowest BCUT2D eigenvalue weighted by atomic mass is 10.1. The van der Waals surface area contributed by atoms with Crippen LogP contribution in [0.5, 0.6) is 5.75 Å². The maximum absolute atomic E-state index is 13.0. The number of carbonyl (C=O) groups is 1. The van der Waals surface area contributed by atoms with Gasteiger partial charge in [0.1, 0.15) is 24.0 Å². The van der Waals surface area contributed by atoms with Gasteiger partial charge in [-0.05, 0) is 19.1 Å². The van der Waals surface area contributed by atoms with E-state index in [1.807, 2.05) is 0 Å². The number of fused-ring (bicyclic) bond motifs is 1. The van der Waals surface area contributed by atoms with Gasteiger partial charge in [0, 0.05) is 28.9 Å². The fourth-order valence-corrected chi connectivity index (χ4v) is 2.87. The quantitative estimate of drug-likeness (QED) is 0.671. The number of nitrogens with one attached hydrogen (secondary N) is 1. The van der Waals surface area contributed by atoms with Gasteiger partial charge in [0.15, 0.2) is 0 Å². The van der Waals surface area contributed by atoms with Gasteiger partial charge in [-0.1, -0.05) is 0 Å². The SMILES string of the molecule is COc1cnc2[nH]cc(-c3cncc(N(CC(F)(F)F)[C@H](C)C(N)=O)c3)c2c1. The molecule has 1 atom stereocenters. The lowest BCUT2D eigenvalue weighted by Gasteiger charge is -2.30. The number of nitrogens with zero attached hydrogens (tertiary/aromatic N) is 3. The molecule has 28 heavy (non-hydrogen) atoms. The predicted octanol–water partition coefficient (Wildman–Crippen LogP) is 2.88. The second-order valence-electron chi connectivity index (χ2n) is 6.23. The number of anilines is 1. The Morgan fingerprint density at radius 1 is 1.32 bits per heavy atom. The molecule has 0 unspecified atom stereocenters. The van der Waals surface area contributed by atoms with Crippen molar-refractivity contribution < 1.29 is 22.7 Å². The van der Waals surface area contributed by atoms with E-state index in [9.17, 15) is 18.0 Å². The van der Waals surface area contributed by atoms with Crippen LogP contribution < -0.4 is 15.4 Å². The number of halogens is 3. The number of nitrogens with two attached hydrogens (primary N) is 1. The summed E-state index contributed by atoms with van der Waals surface area (Å²) in [6.45, 7) is -0.00722. The number of hydrogen-bond donors (Lipinski definition) is 2. The zero-order valence-corrected chi connectivity index (χ0v) is 15.1. The smallest absolute Gasteiger partial charge is 0.405 e. The summed E-state index contributed by atoms with van der Waals surface area (Å²) in [7, 11) is 1.51. The molecule has 0 aliphatic heterocycles. The number of primary amides is 1. The number of alkyl halides is 3. The molecule has 0 spiro atoms. The number of rotatable bonds is 6. The second kappa shape index (κ2) is 7.37.